The van der Waals surface area contributed by atoms with Crippen molar-refractivity contribution in [2.75, 3.05) is 18.1 Å². The zero-order chi connectivity index (χ0) is 26.3. The van der Waals surface area contributed by atoms with Crippen LogP contribution in [0.25, 0.3) is 10.2 Å². The van der Waals surface area contributed by atoms with E-state index in [-0.39, 0.29) is 30.0 Å². The molecule has 10 heteroatoms. The number of Topliss-reactive ketones (excluding diaryl/α,β-unsaturated/α-hetero) is 1. The lowest BCUT2D eigenvalue weighted by molar-refractivity contribution is -0.121. The van der Waals surface area contributed by atoms with Gasteiger partial charge >= 0.3 is 5.97 Å². The van der Waals surface area contributed by atoms with Gasteiger partial charge in [0, 0.05) is 12.1 Å². The van der Waals surface area contributed by atoms with E-state index in [1.54, 1.807) is 36.9 Å². The summed E-state index contributed by atoms with van der Waals surface area (Å²) in [7, 11) is 0. The van der Waals surface area contributed by atoms with Crippen LogP contribution in [0, 0.1) is 6.92 Å². The monoisotopic (exact) mass is 523 g/mol. The van der Waals surface area contributed by atoms with Crippen LogP contribution in [-0.4, -0.2) is 46.5 Å². The molecule has 3 heterocycles. The smallest absolute Gasteiger partial charge is 0.348 e. The summed E-state index contributed by atoms with van der Waals surface area (Å²) in [5, 5.41) is 0.323. The molecule has 37 heavy (non-hydrogen) atoms. The first-order valence-electron chi connectivity index (χ1n) is 12.6. The van der Waals surface area contributed by atoms with E-state index in [0.717, 1.165) is 43.4 Å². The van der Waals surface area contributed by atoms with Crippen molar-refractivity contribution < 1.29 is 23.9 Å². The van der Waals surface area contributed by atoms with Crippen molar-refractivity contribution in [1.82, 2.24) is 9.55 Å². The Balaban J connectivity index is 1.44. The van der Waals surface area contributed by atoms with Gasteiger partial charge in [0.1, 0.15) is 21.6 Å². The molecule has 0 radical (unpaired) electrons. The van der Waals surface area contributed by atoms with E-state index in [4.69, 9.17) is 9.47 Å². The quantitative estimate of drug-likeness (QED) is 0.347. The van der Waals surface area contributed by atoms with Gasteiger partial charge in [-0.15, -0.1) is 11.3 Å². The predicted octanol–water partition coefficient (Wildman–Crippen LogP) is 4.45. The first kappa shape index (κ1) is 25.1. The van der Waals surface area contributed by atoms with Crippen molar-refractivity contribution in [1.29, 1.82) is 0 Å². The van der Waals surface area contributed by atoms with Crippen LogP contribution in [0.15, 0.2) is 29.3 Å². The molecule has 1 aliphatic carbocycles. The van der Waals surface area contributed by atoms with Crippen molar-refractivity contribution in [3.63, 3.8) is 0 Å². The molecule has 0 bridgehead atoms. The van der Waals surface area contributed by atoms with Gasteiger partial charge in [-0.2, -0.15) is 0 Å². The van der Waals surface area contributed by atoms with E-state index in [1.165, 1.54) is 10.9 Å². The maximum absolute atomic E-state index is 13.5. The van der Waals surface area contributed by atoms with E-state index < -0.39 is 12.0 Å². The Morgan fingerprint density at radius 2 is 1.97 bits per heavy atom. The SMILES string of the molecule is CCN1C(=O)COc2ccc(C(=O)C(C)n3cnc4sc(C(=O)OC5CCCCC5)c(C)c4c3=O)cc21. The highest BCUT2D eigenvalue weighted by Crippen LogP contribution is 2.34. The number of rotatable bonds is 6. The molecule has 1 unspecified atom stereocenters. The van der Waals surface area contributed by atoms with Crippen LogP contribution >= 0.6 is 11.3 Å². The normalized spacial score (nSPS) is 16.8. The average molecular weight is 524 g/mol. The van der Waals surface area contributed by atoms with E-state index in [0.29, 0.717) is 44.2 Å². The fraction of sp³-hybridized carbons (Fsp3) is 0.444. The Kier molecular flexibility index (Phi) is 6.85. The number of aromatic nitrogens is 2. The highest BCUT2D eigenvalue weighted by molar-refractivity contribution is 7.20. The van der Waals surface area contributed by atoms with Gasteiger partial charge in [-0.3, -0.25) is 19.0 Å². The summed E-state index contributed by atoms with van der Waals surface area (Å²) < 4.78 is 12.5. The van der Waals surface area contributed by atoms with Crippen LogP contribution in [0.5, 0.6) is 5.75 Å². The lowest BCUT2D eigenvalue weighted by Gasteiger charge is -2.28. The molecule has 1 amide bonds. The zero-order valence-electron chi connectivity index (χ0n) is 21.1. The lowest BCUT2D eigenvalue weighted by Crippen LogP contribution is -2.38. The van der Waals surface area contributed by atoms with Crippen LogP contribution in [0.1, 0.15) is 77.6 Å². The number of hydrogen-bond donors (Lipinski definition) is 0. The molecule has 9 nitrogen and oxygen atoms in total. The Bertz CT molecular complexity index is 1450. The summed E-state index contributed by atoms with van der Waals surface area (Å²) >= 11 is 1.14. The number of anilines is 1. The van der Waals surface area contributed by atoms with Crippen molar-refractivity contribution >= 4 is 44.9 Å². The second-order valence-electron chi connectivity index (χ2n) is 9.51. The maximum Gasteiger partial charge on any atom is 0.348 e. The molecule has 0 spiro atoms. The van der Waals surface area contributed by atoms with Gasteiger partial charge in [-0.25, -0.2) is 9.78 Å². The highest BCUT2D eigenvalue weighted by Gasteiger charge is 2.28. The molecule has 1 atom stereocenters. The number of aryl methyl sites for hydroxylation is 1. The molecule has 1 aromatic carbocycles. The summed E-state index contributed by atoms with van der Waals surface area (Å²) in [5.74, 6) is -0.365. The number of ketones is 1. The molecule has 1 aliphatic heterocycles. The van der Waals surface area contributed by atoms with Crippen LogP contribution in [0.4, 0.5) is 5.69 Å². The summed E-state index contributed by atoms with van der Waals surface area (Å²) in [5.41, 5.74) is 1.03. The van der Waals surface area contributed by atoms with Crippen molar-refractivity contribution in [3.05, 3.63) is 50.9 Å². The highest BCUT2D eigenvalue weighted by atomic mass is 32.1. The number of carbonyl (C=O) groups is 3. The molecule has 1 saturated carbocycles. The number of hydrogen-bond acceptors (Lipinski definition) is 8. The second-order valence-corrected chi connectivity index (χ2v) is 10.5. The van der Waals surface area contributed by atoms with E-state index in [9.17, 15) is 19.2 Å². The maximum atomic E-state index is 13.5. The number of benzene rings is 1. The Morgan fingerprint density at radius 3 is 2.70 bits per heavy atom. The van der Waals surface area contributed by atoms with Gasteiger partial charge < -0.3 is 14.4 Å². The van der Waals surface area contributed by atoms with Gasteiger partial charge in [0.15, 0.2) is 12.4 Å². The second kappa shape index (κ2) is 10.1. The first-order valence-corrected chi connectivity index (χ1v) is 13.4. The van der Waals surface area contributed by atoms with Crippen LogP contribution < -0.4 is 15.2 Å². The number of esters is 1. The van der Waals surface area contributed by atoms with Gasteiger partial charge in [0.05, 0.1) is 23.4 Å². The summed E-state index contributed by atoms with van der Waals surface area (Å²) in [6.45, 7) is 5.62. The van der Waals surface area contributed by atoms with Crippen molar-refractivity contribution in [3.8, 4) is 5.75 Å². The molecule has 0 N–H and O–H groups in total. The summed E-state index contributed by atoms with van der Waals surface area (Å²) in [6, 6.07) is 4.07. The average Bonchev–Trinajstić information content (AvgIpc) is 3.25. The third-order valence-electron chi connectivity index (χ3n) is 7.19. The molecule has 2 aliphatic rings. The van der Waals surface area contributed by atoms with Gasteiger partial charge in [0.2, 0.25) is 0 Å². The lowest BCUT2D eigenvalue weighted by atomic mass is 9.98. The van der Waals surface area contributed by atoms with Crippen molar-refractivity contribution in [2.45, 2.75) is 65.0 Å². The number of fused-ring (bicyclic) bond motifs is 2. The van der Waals surface area contributed by atoms with E-state index in [2.05, 4.69) is 4.98 Å². The molecular weight excluding hydrogens is 494 g/mol. The largest absolute Gasteiger partial charge is 0.482 e. The van der Waals surface area contributed by atoms with Crippen LogP contribution in [0.2, 0.25) is 0 Å². The fourth-order valence-corrected chi connectivity index (χ4v) is 6.09. The summed E-state index contributed by atoms with van der Waals surface area (Å²) in [4.78, 5) is 58.8. The third-order valence-corrected chi connectivity index (χ3v) is 8.37. The number of thiophene rings is 1. The zero-order valence-corrected chi connectivity index (χ0v) is 21.9. The number of carbonyl (C=O) groups excluding carboxylic acids is 3. The number of likely N-dealkylation sites (N-methyl/N-ethyl adjacent to an activating group) is 1. The predicted molar refractivity (Wildman–Crippen MR) is 140 cm³/mol. The van der Waals surface area contributed by atoms with E-state index >= 15 is 0 Å². The van der Waals surface area contributed by atoms with Gasteiger partial charge in [0.25, 0.3) is 11.5 Å². The molecule has 2 aromatic heterocycles. The standard InChI is InChI=1S/C27H29N3O6S/c1-4-29-19-12-17(10-11-20(19)35-13-21(29)31)23(32)16(3)30-14-28-25-22(26(30)33)15(2)24(37-25)27(34)36-18-8-6-5-7-9-18/h10-12,14,16,18H,4-9,13H2,1-3H3. The molecule has 3 aromatic rings. The van der Waals surface area contributed by atoms with Crippen LogP contribution in [0.3, 0.4) is 0 Å². The Hall–Kier alpha value is -3.53. The van der Waals surface area contributed by atoms with Gasteiger partial charge in [-0.1, -0.05) is 6.42 Å². The molecule has 0 saturated heterocycles. The minimum Gasteiger partial charge on any atom is -0.482 e. The van der Waals surface area contributed by atoms with E-state index in [1.807, 2.05) is 6.92 Å². The Labute approximate surface area is 218 Å². The van der Waals surface area contributed by atoms with Crippen molar-refractivity contribution in [2.24, 2.45) is 0 Å². The minimum absolute atomic E-state index is 0.0399. The fourth-order valence-electron chi connectivity index (χ4n) is 5.07. The third kappa shape index (κ3) is 4.54. The number of amides is 1. The first-order chi connectivity index (χ1) is 17.8. The topological polar surface area (TPSA) is 108 Å². The molecule has 5 rings (SSSR count). The molecule has 1 fully saturated rings. The van der Waals surface area contributed by atoms with Gasteiger partial charge in [-0.05, 0) is 70.2 Å². The Morgan fingerprint density at radius 1 is 1.22 bits per heavy atom. The minimum atomic E-state index is -0.852. The van der Waals surface area contributed by atoms with Crippen LogP contribution in [-0.2, 0) is 9.53 Å². The summed E-state index contributed by atoms with van der Waals surface area (Å²) in [6.07, 6.45) is 6.23. The number of ether oxygens (including phenoxy) is 2. The molecular formula is C27H29N3O6S. The number of nitrogens with zero attached hydrogens (tertiary/aromatic N) is 3. The molecule has 194 valence electrons.